The first-order chi connectivity index (χ1) is 52.6. The van der Waals surface area contributed by atoms with Gasteiger partial charge in [0.05, 0.1) is 27.0 Å². The molecule has 12 nitrogen and oxygen atoms in total. The number of rotatable bonds is 6. The van der Waals surface area contributed by atoms with Gasteiger partial charge in [-0.05, 0) is 167 Å². The van der Waals surface area contributed by atoms with Crippen LogP contribution in [0.15, 0.2) is 324 Å². The molecule has 0 aliphatic rings. The summed E-state index contributed by atoms with van der Waals surface area (Å²) < 4.78 is 23.9. The molecule has 0 N–H and O–H groups in total. The molecule has 107 heavy (non-hydrogen) atoms. The molecule has 0 spiro atoms. The summed E-state index contributed by atoms with van der Waals surface area (Å²) in [5.41, 5.74) is 15.3. The lowest BCUT2D eigenvalue weighted by atomic mass is 10.0. The van der Waals surface area contributed by atoms with E-state index in [-0.39, 0.29) is 5.28 Å². The van der Waals surface area contributed by atoms with Crippen LogP contribution in [0.3, 0.4) is 0 Å². The van der Waals surface area contributed by atoms with Crippen LogP contribution in [0.25, 0.3) is 196 Å². The van der Waals surface area contributed by atoms with Gasteiger partial charge in [0.15, 0.2) is 27.7 Å². The third-order valence-corrected chi connectivity index (χ3v) is 23.0. The zero-order valence-corrected chi connectivity index (χ0v) is 63.0. The van der Waals surface area contributed by atoms with E-state index in [1.54, 1.807) is 35.1 Å². The molecule has 0 atom stereocenters. The molecule has 0 bridgehead atoms. The highest BCUT2D eigenvalue weighted by atomic mass is 79.9. The second-order valence-corrected chi connectivity index (χ2v) is 30.1. The van der Waals surface area contributed by atoms with Gasteiger partial charge in [0.25, 0.3) is 0 Å². The molecular weight excluding hydrogens is 1580 g/mol. The summed E-state index contributed by atoms with van der Waals surface area (Å²) >= 11 is 20.3. The fraction of sp³-hybridized carbons (Fsp3) is 0. The molecule has 0 amide bonds. The number of pyridine rings is 1. The normalized spacial score (nSPS) is 11.6. The molecule has 0 saturated heterocycles. The number of fused-ring (bicyclic) bond motifs is 18. The van der Waals surface area contributed by atoms with E-state index in [1.165, 1.54) is 36.5 Å². The van der Waals surface area contributed by atoms with Crippen LogP contribution >= 0.6 is 82.1 Å². The fourth-order valence-electron chi connectivity index (χ4n) is 13.7. The van der Waals surface area contributed by atoms with Crippen LogP contribution in [0, 0.1) is 0 Å². The number of thiophene rings is 2. The molecule has 0 saturated carbocycles. The summed E-state index contributed by atoms with van der Waals surface area (Å²) in [7, 11) is 0. The first kappa shape index (κ1) is 65.9. The molecule has 10 heterocycles. The molecule has 0 fully saturated rings. The van der Waals surface area contributed by atoms with Gasteiger partial charge in [-0.3, -0.25) is 4.98 Å². The molecule has 0 aliphatic heterocycles. The van der Waals surface area contributed by atoms with E-state index in [2.05, 4.69) is 232 Å². The van der Waals surface area contributed by atoms with Crippen molar-refractivity contribution in [1.82, 2.24) is 44.9 Å². The summed E-state index contributed by atoms with van der Waals surface area (Å²) in [5, 5.41) is 13.4. The van der Waals surface area contributed by atoms with Crippen LogP contribution < -0.4 is 0 Å². The molecule has 0 aliphatic carbocycles. The number of hydrogen-bond donors (Lipinski definition) is 0. The van der Waals surface area contributed by atoms with E-state index in [4.69, 9.17) is 49.8 Å². The molecule has 22 rings (SSSR count). The molecular formula is C89H49Br3ClN9O3S2. The van der Waals surface area contributed by atoms with Crippen LogP contribution in [-0.2, 0) is 0 Å². The number of furan rings is 3. The molecule has 508 valence electrons. The van der Waals surface area contributed by atoms with Crippen molar-refractivity contribution < 1.29 is 13.3 Å². The third-order valence-electron chi connectivity index (χ3n) is 18.7. The van der Waals surface area contributed by atoms with Gasteiger partial charge < -0.3 is 13.3 Å². The Labute approximate surface area is 647 Å². The summed E-state index contributed by atoms with van der Waals surface area (Å²) in [4.78, 5) is 43.0. The van der Waals surface area contributed by atoms with Gasteiger partial charge in [-0.15, -0.1) is 22.7 Å². The van der Waals surface area contributed by atoms with Gasteiger partial charge in [0.1, 0.15) is 37.3 Å². The zero-order valence-electron chi connectivity index (χ0n) is 55.9. The van der Waals surface area contributed by atoms with E-state index in [0.717, 1.165) is 151 Å². The first-order valence-corrected chi connectivity index (χ1v) is 38.4. The average Bonchev–Trinajstić information content (AvgIpc) is 1.62. The van der Waals surface area contributed by atoms with Crippen molar-refractivity contribution in [2.45, 2.75) is 0 Å². The SMILES string of the molecule is Brc1ccc(-c2nc(-c3ccccc3)c3c(n2)sc2ccccc23)cc1.Brc1nc(-c2ccc3oc4ccccc4c3c2)nc2c1oc1ccccc12.Brc1nc(-c2cccc(-c3ccccc3)c2)nc2c1sc1ccc3ccccc3c12.Clc1nc(-c2cccnc2)c2c(n1)oc1cc3ccccc3cc12. The maximum atomic E-state index is 6.10. The van der Waals surface area contributed by atoms with Crippen molar-refractivity contribution >= 4 is 210 Å². The van der Waals surface area contributed by atoms with Gasteiger partial charge in [-0.1, -0.05) is 210 Å². The second kappa shape index (κ2) is 27.9. The Morgan fingerprint density at radius 2 is 0.925 bits per heavy atom. The predicted molar refractivity (Wildman–Crippen MR) is 449 cm³/mol. The maximum absolute atomic E-state index is 6.10. The minimum absolute atomic E-state index is 0.157. The number of para-hydroxylation sites is 2. The monoisotopic (exact) mass is 1630 g/mol. The highest BCUT2D eigenvalue weighted by molar-refractivity contribution is 9.11. The van der Waals surface area contributed by atoms with Crippen LogP contribution in [-0.4, -0.2) is 44.9 Å². The Morgan fingerprint density at radius 3 is 1.71 bits per heavy atom. The number of nitrogens with zero attached hydrogens (tertiary/aromatic N) is 9. The van der Waals surface area contributed by atoms with Crippen molar-refractivity contribution in [3.63, 3.8) is 0 Å². The van der Waals surface area contributed by atoms with Crippen LogP contribution in [0.4, 0.5) is 0 Å². The summed E-state index contributed by atoms with van der Waals surface area (Å²) in [6, 6.07) is 96.7. The highest BCUT2D eigenvalue weighted by Crippen LogP contribution is 2.44. The van der Waals surface area contributed by atoms with Crippen molar-refractivity contribution in [1.29, 1.82) is 0 Å². The number of hydrogen-bond acceptors (Lipinski definition) is 14. The van der Waals surface area contributed by atoms with Gasteiger partial charge in [-0.2, -0.15) is 4.98 Å². The average molecular weight is 1630 g/mol. The highest BCUT2D eigenvalue weighted by Gasteiger charge is 2.22. The summed E-state index contributed by atoms with van der Waals surface area (Å²) in [5.74, 6) is 2.14. The van der Waals surface area contributed by atoms with Crippen LogP contribution in [0.5, 0.6) is 0 Å². The largest absolute Gasteiger partial charge is 0.456 e. The van der Waals surface area contributed by atoms with Gasteiger partial charge in [-0.25, -0.2) is 34.9 Å². The number of aromatic nitrogens is 9. The summed E-state index contributed by atoms with van der Waals surface area (Å²) in [6.07, 6.45) is 3.49. The van der Waals surface area contributed by atoms with Crippen molar-refractivity contribution in [3.8, 4) is 67.8 Å². The molecule has 12 aromatic carbocycles. The standard InChI is InChI=1S/C26H15BrN2S.C22H11BrN2O2.C22H13BrN2S.C19H10ClN3O/c27-25-24-23(22-20-12-5-4-9-17(20)13-14-21(22)30-24)28-26(29-25)19-11-6-10-18(15-19)16-7-2-1-3-8-16;23-21-20-19(14-6-2-4-8-17(14)27-20)24-22(25-21)12-9-10-18-15(11-12)13-5-1-3-7-16(13)26-18;23-16-12-10-15(11-13-16)21-24-20(14-6-2-1-3-7-14)19-17-8-4-5-9-18(17)26-22(19)25-21;20-19-22-17(13-6-3-7-21-10-13)16-14-8-11-4-1-2-5-12(11)9-15(14)24-18(16)23-19/h1-15H;1-11H;1-13H;1-10H. The van der Waals surface area contributed by atoms with Crippen molar-refractivity contribution in [2.75, 3.05) is 0 Å². The minimum Gasteiger partial charge on any atom is -0.456 e. The van der Waals surface area contributed by atoms with Crippen molar-refractivity contribution in [2.24, 2.45) is 0 Å². The molecule has 22 aromatic rings. The lowest BCUT2D eigenvalue weighted by molar-refractivity contribution is 0.653. The van der Waals surface area contributed by atoms with Crippen molar-refractivity contribution in [3.05, 3.63) is 316 Å². The van der Waals surface area contributed by atoms with Crippen LogP contribution in [0.2, 0.25) is 5.28 Å². The summed E-state index contributed by atoms with van der Waals surface area (Å²) in [6.45, 7) is 0. The minimum atomic E-state index is 0.157. The molecule has 18 heteroatoms. The van der Waals surface area contributed by atoms with E-state index >= 15 is 0 Å². The smallest absolute Gasteiger partial charge is 0.232 e. The Kier molecular flexibility index (Phi) is 17.2. The van der Waals surface area contributed by atoms with E-state index in [1.807, 2.05) is 121 Å². The van der Waals surface area contributed by atoms with Gasteiger partial charge in [0, 0.05) is 91.8 Å². The lowest BCUT2D eigenvalue weighted by Gasteiger charge is -2.07. The predicted octanol–water partition coefficient (Wildman–Crippen LogP) is 27.0. The van der Waals surface area contributed by atoms with E-state index in [0.29, 0.717) is 21.7 Å². The lowest BCUT2D eigenvalue weighted by Crippen LogP contribution is -1.93. The van der Waals surface area contributed by atoms with E-state index in [9.17, 15) is 0 Å². The molecule has 0 unspecified atom stereocenters. The number of halogens is 4. The Morgan fingerprint density at radius 1 is 0.318 bits per heavy atom. The van der Waals surface area contributed by atoms with E-state index < -0.39 is 0 Å². The third kappa shape index (κ3) is 12.5. The number of benzene rings is 12. The second-order valence-electron chi connectivity index (χ2n) is 25.3. The van der Waals surface area contributed by atoms with Gasteiger partial charge >= 0.3 is 0 Å². The van der Waals surface area contributed by atoms with Gasteiger partial charge in [0.2, 0.25) is 11.0 Å². The Bertz CT molecular complexity index is 7220. The Balaban J connectivity index is 0.0000000976. The fourth-order valence-corrected chi connectivity index (χ4v) is 17.3. The maximum Gasteiger partial charge on any atom is 0.232 e. The van der Waals surface area contributed by atoms with Crippen LogP contribution in [0.1, 0.15) is 0 Å². The molecule has 10 aromatic heterocycles. The zero-order chi connectivity index (χ0) is 71.6. The first-order valence-electron chi connectivity index (χ1n) is 34.0. The topological polar surface area (TPSA) is 155 Å². The quantitative estimate of drug-likeness (QED) is 0.115. The molecule has 0 radical (unpaired) electrons. The Hall–Kier alpha value is -11.8.